The first-order chi connectivity index (χ1) is 38.4. The Morgan fingerprint density at radius 2 is 1.48 bits per heavy atom. The molecule has 4 aromatic rings. The third-order valence-electron chi connectivity index (χ3n) is 12.3. The zero-order valence-corrected chi connectivity index (χ0v) is 48.5. The second-order valence-electron chi connectivity index (χ2n) is 19.3. The number of nitrogens with zero attached hydrogens (tertiary/aromatic N) is 3. The number of rotatable bonds is 39. The molecule has 0 radical (unpaired) electrons. The first kappa shape index (κ1) is 66.9. The Bertz CT molecular complexity index is 2970. The summed E-state index contributed by atoms with van der Waals surface area (Å²) in [6, 6.07) is 4.61. The molecule has 29 heteroatoms. The van der Waals surface area contributed by atoms with E-state index in [1.807, 2.05) is 18.7 Å². The molecule has 1 unspecified atom stereocenters. The van der Waals surface area contributed by atoms with E-state index in [0.29, 0.717) is 95.8 Å². The van der Waals surface area contributed by atoms with E-state index in [0.717, 1.165) is 5.56 Å². The summed E-state index contributed by atoms with van der Waals surface area (Å²) in [5.41, 5.74) is 1.08. The van der Waals surface area contributed by atoms with E-state index in [-0.39, 0.29) is 65.0 Å². The number of nitrogens with one attached hydrogen (secondary N) is 7. The lowest BCUT2D eigenvalue weighted by Gasteiger charge is -2.30. The number of imidazole rings is 1. The SMILES string of the molecule is COC(=O)CN(CC(C)N[C@@H](CS(=O)(=O)O)C(=O)NCCCOCCOCCOCCCNC(=O)CCCOc1cc(C)c(S(=O)(=O)N[C@@H](CNC(=O)c2cn(C)c3cc(CNc4ncc[nH]4)ccc3c2=O)C(=O)O)c(C)c1)C(C)C. The van der Waals surface area contributed by atoms with Gasteiger partial charge in [0.15, 0.2) is 5.95 Å². The van der Waals surface area contributed by atoms with Crippen molar-refractivity contribution in [3.05, 3.63) is 81.4 Å². The molecule has 81 heavy (non-hydrogen) atoms. The molecule has 0 aliphatic rings. The number of fused-ring (bicyclic) bond motifs is 1. The summed E-state index contributed by atoms with van der Waals surface area (Å²) in [6.45, 7) is 11.3. The van der Waals surface area contributed by atoms with Crippen molar-refractivity contribution in [2.75, 3.05) is 97.2 Å². The zero-order chi connectivity index (χ0) is 59.7. The van der Waals surface area contributed by atoms with Crippen LogP contribution in [-0.2, 0) is 71.9 Å². The number of carbonyl (C=O) groups is 5. The number of benzene rings is 2. The van der Waals surface area contributed by atoms with Gasteiger partial charge in [0.25, 0.3) is 16.0 Å². The maximum atomic E-state index is 13.6. The Balaban J connectivity index is 1.06. The van der Waals surface area contributed by atoms with Gasteiger partial charge in [-0.05, 0) is 94.8 Å². The Morgan fingerprint density at radius 1 is 0.840 bits per heavy atom. The summed E-state index contributed by atoms with van der Waals surface area (Å²) in [7, 11) is -6.00. The fourth-order valence-electron chi connectivity index (χ4n) is 8.29. The fourth-order valence-corrected chi connectivity index (χ4v) is 10.6. The topological polar surface area (TPSA) is 366 Å². The second kappa shape index (κ2) is 33.4. The lowest BCUT2D eigenvalue weighted by molar-refractivity contribution is -0.142. The number of esters is 1. The molecule has 2 heterocycles. The number of hydrogen-bond donors (Lipinski definition) is 9. The van der Waals surface area contributed by atoms with Gasteiger partial charge in [-0.1, -0.05) is 6.07 Å². The number of amides is 3. The fraction of sp³-hybridized carbons (Fsp3) is 0.558. The van der Waals surface area contributed by atoms with E-state index in [1.165, 1.54) is 39.3 Å². The number of carbonyl (C=O) groups excluding carboxylic acids is 4. The highest BCUT2D eigenvalue weighted by molar-refractivity contribution is 7.89. The van der Waals surface area contributed by atoms with E-state index in [4.69, 9.17) is 23.7 Å². The summed E-state index contributed by atoms with van der Waals surface area (Å²) < 4.78 is 90.9. The van der Waals surface area contributed by atoms with E-state index < -0.39 is 79.7 Å². The normalized spacial score (nSPS) is 13.0. The third kappa shape index (κ3) is 23.4. The van der Waals surface area contributed by atoms with Gasteiger partial charge in [-0.2, -0.15) is 13.1 Å². The molecular formula is C52H78N10O17S2. The maximum absolute atomic E-state index is 13.6. The van der Waals surface area contributed by atoms with Crippen LogP contribution >= 0.6 is 0 Å². The predicted octanol–water partition coefficient (Wildman–Crippen LogP) is 0.991. The van der Waals surface area contributed by atoms with Crippen molar-refractivity contribution >= 4 is 66.7 Å². The first-order valence-electron chi connectivity index (χ1n) is 26.3. The van der Waals surface area contributed by atoms with Crippen molar-refractivity contribution < 1.29 is 74.2 Å². The van der Waals surface area contributed by atoms with Crippen molar-refractivity contribution in [3.63, 3.8) is 0 Å². The minimum atomic E-state index is -4.48. The molecule has 2 aromatic heterocycles. The highest BCUT2D eigenvalue weighted by Crippen LogP contribution is 2.26. The highest BCUT2D eigenvalue weighted by Gasteiger charge is 2.30. The zero-order valence-electron chi connectivity index (χ0n) is 46.8. The summed E-state index contributed by atoms with van der Waals surface area (Å²) in [5, 5.41) is 24.1. The van der Waals surface area contributed by atoms with E-state index >= 15 is 0 Å². The molecule has 0 saturated carbocycles. The molecule has 0 spiro atoms. The van der Waals surface area contributed by atoms with Crippen LogP contribution in [0.25, 0.3) is 10.9 Å². The van der Waals surface area contributed by atoms with Crippen LogP contribution in [0.3, 0.4) is 0 Å². The molecule has 450 valence electrons. The Hall–Kier alpha value is -6.57. The lowest BCUT2D eigenvalue weighted by Crippen LogP contribution is -2.54. The number of anilines is 1. The minimum Gasteiger partial charge on any atom is -0.494 e. The van der Waals surface area contributed by atoms with E-state index in [1.54, 1.807) is 49.1 Å². The number of ether oxygens (including phenoxy) is 5. The van der Waals surface area contributed by atoms with Crippen LogP contribution in [0.2, 0.25) is 0 Å². The van der Waals surface area contributed by atoms with Crippen LogP contribution in [0.15, 0.2) is 58.6 Å². The Labute approximate surface area is 471 Å². The molecule has 9 N–H and O–H groups in total. The van der Waals surface area contributed by atoms with Gasteiger partial charge in [0.1, 0.15) is 23.4 Å². The van der Waals surface area contributed by atoms with Gasteiger partial charge >= 0.3 is 11.9 Å². The van der Waals surface area contributed by atoms with Crippen molar-refractivity contribution in [2.45, 2.75) is 95.9 Å². The molecule has 0 aliphatic heterocycles. The van der Waals surface area contributed by atoms with Crippen LogP contribution < -0.4 is 41.5 Å². The average molecular weight is 1180 g/mol. The number of H-pyrrole nitrogens is 1. The molecule has 0 fully saturated rings. The van der Waals surface area contributed by atoms with Crippen molar-refractivity contribution in [2.24, 2.45) is 7.05 Å². The maximum Gasteiger partial charge on any atom is 0.323 e. The molecule has 3 amide bonds. The first-order valence-corrected chi connectivity index (χ1v) is 29.4. The van der Waals surface area contributed by atoms with E-state index in [9.17, 15) is 55.3 Å². The third-order valence-corrected chi connectivity index (χ3v) is 14.8. The molecule has 2 aromatic carbocycles. The van der Waals surface area contributed by atoms with Crippen LogP contribution in [0.5, 0.6) is 5.75 Å². The number of hydrogen-bond acceptors (Lipinski definition) is 19. The minimum absolute atomic E-state index is 0.0152. The van der Waals surface area contributed by atoms with Gasteiger partial charge in [0, 0.05) is 95.5 Å². The average Bonchev–Trinajstić information content (AvgIpc) is 4.04. The Kier molecular flexibility index (Phi) is 27.6. The lowest BCUT2D eigenvalue weighted by atomic mass is 10.1. The number of aromatic nitrogens is 3. The van der Waals surface area contributed by atoms with Crippen molar-refractivity contribution in [1.82, 2.24) is 45.4 Å². The van der Waals surface area contributed by atoms with Crippen LogP contribution in [-0.4, -0.2) is 192 Å². The van der Waals surface area contributed by atoms with Crippen molar-refractivity contribution in [1.29, 1.82) is 0 Å². The van der Waals surface area contributed by atoms with Crippen molar-refractivity contribution in [3.8, 4) is 5.75 Å². The second-order valence-corrected chi connectivity index (χ2v) is 22.5. The number of pyridine rings is 1. The molecular weight excluding hydrogens is 1100 g/mol. The van der Waals surface area contributed by atoms with Crippen LogP contribution in [0.4, 0.5) is 5.95 Å². The van der Waals surface area contributed by atoms with Gasteiger partial charge in [-0.15, -0.1) is 0 Å². The summed E-state index contributed by atoms with van der Waals surface area (Å²) >= 11 is 0. The number of carboxylic acid groups (broad SMARTS) is 1. The van der Waals surface area contributed by atoms with Crippen LogP contribution in [0.1, 0.15) is 73.5 Å². The number of aryl methyl sites for hydroxylation is 3. The summed E-state index contributed by atoms with van der Waals surface area (Å²) in [6.07, 6.45) is 6.14. The molecule has 3 atom stereocenters. The highest BCUT2D eigenvalue weighted by atomic mass is 32.2. The quantitative estimate of drug-likeness (QED) is 0.0171. The van der Waals surface area contributed by atoms with Crippen LogP contribution in [0, 0.1) is 13.8 Å². The monoisotopic (exact) mass is 1180 g/mol. The van der Waals surface area contributed by atoms with Gasteiger partial charge < -0.3 is 64.9 Å². The summed E-state index contributed by atoms with van der Waals surface area (Å²) in [5.74, 6) is -3.59. The molecule has 0 bridgehead atoms. The van der Waals surface area contributed by atoms with Gasteiger partial charge in [0.05, 0.1) is 62.9 Å². The molecule has 27 nitrogen and oxygen atoms in total. The Morgan fingerprint density at radius 3 is 2.07 bits per heavy atom. The number of carboxylic acids is 1. The van der Waals surface area contributed by atoms with Gasteiger partial charge in [-0.25, -0.2) is 13.4 Å². The number of aliphatic carboxylic acids is 1. The number of aromatic amines is 1. The van der Waals surface area contributed by atoms with Gasteiger partial charge in [-0.3, -0.25) is 38.2 Å². The standard InChI is InChI=1S/C52H78N10O17S2/c1-34(2)62(32-46(64)75-7)30-37(5)59-43(33-80(70,71)72)50(67)54-15-10-19-77-22-24-78-23-21-76-18-9-14-53-45(63)11-8-20-79-39-25-35(3)48(36(4)26-39)81(73,74)60-42(51(68)69)29-57-49(66)41-31-61(6)44-27-38(12-13-40(44)47(41)65)28-58-52-55-16-17-56-52/h12-13,16-17,25-27,31,34,37,42-43,59-60H,8-11,14-15,18-24,28-30,32-33H2,1-7H3,(H,53,63)(H,54,67)(H,57,66)(H,68,69)(H2,55,56,58)(H,70,71,72)/t37?,42-,43-/m0/s1. The largest absolute Gasteiger partial charge is 0.494 e. The van der Waals surface area contributed by atoms with E-state index in [2.05, 4.69) is 41.3 Å². The number of methoxy groups -OCH3 is 1. The summed E-state index contributed by atoms with van der Waals surface area (Å²) in [4.78, 5) is 84.6. The smallest absolute Gasteiger partial charge is 0.323 e. The number of sulfonamides is 1. The molecule has 0 aliphatic carbocycles. The molecule has 0 saturated heterocycles. The van der Waals surface area contributed by atoms with Gasteiger partial charge in [0.2, 0.25) is 27.3 Å². The molecule has 4 rings (SSSR count). The predicted molar refractivity (Wildman–Crippen MR) is 299 cm³/mol.